The van der Waals surface area contributed by atoms with Crippen molar-refractivity contribution in [1.29, 1.82) is 5.26 Å². The normalized spacial score (nSPS) is 11.8. The molecular formula is C15H12ClN. The number of nitrogens with zero attached hydrogens (tertiary/aromatic N) is 1. The topological polar surface area (TPSA) is 23.8 Å². The van der Waals surface area contributed by atoms with Gasteiger partial charge in [-0.15, -0.1) is 0 Å². The highest BCUT2D eigenvalue weighted by Crippen LogP contribution is 2.24. The number of rotatable bonds is 3. The second-order valence-corrected chi connectivity index (χ2v) is 4.30. The van der Waals surface area contributed by atoms with Crippen LogP contribution in [0.5, 0.6) is 0 Å². The third kappa shape index (κ3) is 2.87. The van der Waals surface area contributed by atoms with Crippen molar-refractivity contribution in [2.75, 3.05) is 0 Å². The monoisotopic (exact) mass is 241 g/mol. The number of hydrogen-bond donors (Lipinski definition) is 0. The van der Waals surface area contributed by atoms with Crippen LogP contribution in [-0.4, -0.2) is 0 Å². The molecule has 0 N–H and O–H groups in total. The van der Waals surface area contributed by atoms with Gasteiger partial charge in [0.15, 0.2) is 0 Å². The molecule has 0 amide bonds. The van der Waals surface area contributed by atoms with Gasteiger partial charge < -0.3 is 0 Å². The molecule has 0 spiro atoms. The van der Waals surface area contributed by atoms with Gasteiger partial charge in [-0.25, -0.2) is 0 Å². The molecule has 1 nitrogen and oxygen atoms in total. The van der Waals surface area contributed by atoms with Crippen molar-refractivity contribution in [3.8, 4) is 6.07 Å². The molecule has 1 unspecified atom stereocenters. The summed E-state index contributed by atoms with van der Waals surface area (Å²) >= 11 is 6.10. The maximum absolute atomic E-state index is 9.24. The highest BCUT2D eigenvalue weighted by atomic mass is 35.5. The third-order valence-electron chi connectivity index (χ3n) is 2.74. The fourth-order valence-corrected chi connectivity index (χ4v) is 2.02. The van der Waals surface area contributed by atoms with E-state index in [1.807, 2.05) is 54.6 Å². The molecule has 0 aromatic heterocycles. The lowest BCUT2D eigenvalue weighted by Crippen LogP contribution is -2.00. The Hall–Kier alpha value is -1.78. The van der Waals surface area contributed by atoms with Crippen molar-refractivity contribution in [2.24, 2.45) is 0 Å². The first kappa shape index (κ1) is 11.7. The SMILES string of the molecule is N#CC(Cc1ccccc1Cl)c1ccccc1. The number of hydrogen-bond acceptors (Lipinski definition) is 1. The Morgan fingerprint density at radius 2 is 1.65 bits per heavy atom. The summed E-state index contributed by atoms with van der Waals surface area (Å²) in [6, 6.07) is 19.8. The van der Waals surface area contributed by atoms with Gasteiger partial charge in [0, 0.05) is 5.02 Å². The zero-order valence-corrected chi connectivity index (χ0v) is 10.1. The first-order valence-electron chi connectivity index (χ1n) is 5.49. The summed E-state index contributed by atoms with van der Waals surface area (Å²) in [5, 5.41) is 9.96. The molecule has 2 heteroatoms. The average Bonchev–Trinajstić information content (AvgIpc) is 2.39. The molecule has 0 aliphatic rings. The Morgan fingerprint density at radius 1 is 1.00 bits per heavy atom. The lowest BCUT2D eigenvalue weighted by molar-refractivity contribution is 0.849. The van der Waals surface area contributed by atoms with E-state index in [1.165, 1.54) is 0 Å². The lowest BCUT2D eigenvalue weighted by atomic mass is 9.93. The van der Waals surface area contributed by atoms with Crippen LogP contribution in [0.2, 0.25) is 5.02 Å². The van der Waals surface area contributed by atoms with Crippen LogP contribution in [0.3, 0.4) is 0 Å². The van der Waals surface area contributed by atoms with Gasteiger partial charge in [-0.1, -0.05) is 60.1 Å². The van der Waals surface area contributed by atoms with Crippen LogP contribution in [0.25, 0.3) is 0 Å². The number of benzene rings is 2. The van der Waals surface area contributed by atoms with Crippen molar-refractivity contribution in [1.82, 2.24) is 0 Å². The summed E-state index contributed by atoms with van der Waals surface area (Å²) in [6.45, 7) is 0. The highest BCUT2D eigenvalue weighted by molar-refractivity contribution is 6.31. The van der Waals surface area contributed by atoms with E-state index in [2.05, 4.69) is 6.07 Å². The molecule has 0 aliphatic heterocycles. The Bertz CT molecular complexity index is 528. The van der Waals surface area contributed by atoms with Crippen molar-refractivity contribution >= 4 is 11.6 Å². The van der Waals surface area contributed by atoms with Crippen molar-refractivity contribution in [3.05, 3.63) is 70.7 Å². The second-order valence-electron chi connectivity index (χ2n) is 3.89. The van der Waals surface area contributed by atoms with E-state index in [0.29, 0.717) is 6.42 Å². The first-order valence-corrected chi connectivity index (χ1v) is 5.87. The van der Waals surface area contributed by atoms with E-state index in [-0.39, 0.29) is 5.92 Å². The molecule has 0 fully saturated rings. The standard InChI is InChI=1S/C15H12ClN/c16-15-9-5-4-8-13(15)10-14(11-17)12-6-2-1-3-7-12/h1-9,14H,10H2. The molecule has 0 radical (unpaired) electrons. The van der Waals surface area contributed by atoms with Gasteiger partial charge in [0.2, 0.25) is 0 Å². The highest BCUT2D eigenvalue weighted by Gasteiger charge is 2.12. The van der Waals surface area contributed by atoms with Crippen molar-refractivity contribution in [3.63, 3.8) is 0 Å². The Kier molecular flexibility index (Phi) is 3.80. The summed E-state index contributed by atoms with van der Waals surface area (Å²) in [5.41, 5.74) is 2.06. The van der Waals surface area contributed by atoms with Crippen LogP contribution in [-0.2, 0) is 6.42 Å². The molecule has 17 heavy (non-hydrogen) atoms. The van der Waals surface area contributed by atoms with E-state index in [1.54, 1.807) is 0 Å². The molecule has 2 aromatic carbocycles. The van der Waals surface area contributed by atoms with E-state index in [4.69, 9.17) is 11.6 Å². The molecule has 84 valence electrons. The predicted molar refractivity (Wildman–Crippen MR) is 70.0 cm³/mol. The van der Waals surface area contributed by atoms with Crippen molar-refractivity contribution in [2.45, 2.75) is 12.3 Å². The molecule has 0 aliphatic carbocycles. The minimum absolute atomic E-state index is 0.143. The van der Waals surface area contributed by atoms with E-state index in [9.17, 15) is 5.26 Å². The van der Waals surface area contributed by atoms with E-state index in [0.717, 1.165) is 16.1 Å². The molecule has 2 rings (SSSR count). The van der Waals surface area contributed by atoms with Gasteiger partial charge in [-0.05, 0) is 23.6 Å². The molecular weight excluding hydrogens is 230 g/mol. The zero-order valence-electron chi connectivity index (χ0n) is 9.31. The largest absolute Gasteiger partial charge is 0.198 e. The van der Waals surface area contributed by atoms with Gasteiger partial charge >= 0.3 is 0 Å². The summed E-state index contributed by atoms with van der Waals surface area (Å²) in [5.74, 6) is -0.143. The van der Waals surface area contributed by atoms with Crippen molar-refractivity contribution < 1.29 is 0 Å². The minimum atomic E-state index is -0.143. The summed E-state index contributed by atoms with van der Waals surface area (Å²) < 4.78 is 0. The maximum Gasteiger partial charge on any atom is 0.0753 e. The molecule has 0 saturated heterocycles. The van der Waals surface area contributed by atoms with Gasteiger partial charge in [-0.2, -0.15) is 5.26 Å². The third-order valence-corrected chi connectivity index (χ3v) is 3.11. The van der Waals surface area contributed by atoms with Crippen LogP contribution in [0.4, 0.5) is 0 Å². The fraction of sp³-hybridized carbons (Fsp3) is 0.133. The van der Waals surface area contributed by atoms with Crippen LogP contribution < -0.4 is 0 Å². The smallest absolute Gasteiger partial charge is 0.0753 e. The number of halogens is 1. The van der Waals surface area contributed by atoms with E-state index >= 15 is 0 Å². The van der Waals surface area contributed by atoms with Gasteiger partial charge in [0.05, 0.1) is 12.0 Å². The molecule has 0 saturated carbocycles. The molecule has 0 heterocycles. The molecule has 2 aromatic rings. The second kappa shape index (κ2) is 5.52. The predicted octanol–water partition coefficient (Wildman–Crippen LogP) is 4.19. The zero-order chi connectivity index (χ0) is 12.1. The van der Waals surface area contributed by atoms with Crippen LogP contribution in [0.15, 0.2) is 54.6 Å². The summed E-state index contributed by atoms with van der Waals surface area (Å²) in [6.07, 6.45) is 0.653. The van der Waals surface area contributed by atoms with Crippen LogP contribution in [0, 0.1) is 11.3 Å². The number of nitriles is 1. The quantitative estimate of drug-likeness (QED) is 0.791. The summed E-state index contributed by atoms with van der Waals surface area (Å²) in [7, 11) is 0. The van der Waals surface area contributed by atoms with Gasteiger partial charge in [0.1, 0.15) is 0 Å². The average molecular weight is 242 g/mol. The Balaban J connectivity index is 2.23. The van der Waals surface area contributed by atoms with Crippen LogP contribution in [0.1, 0.15) is 17.0 Å². The van der Waals surface area contributed by atoms with Gasteiger partial charge in [0.25, 0.3) is 0 Å². The Morgan fingerprint density at radius 3 is 2.29 bits per heavy atom. The van der Waals surface area contributed by atoms with Gasteiger partial charge in [-0.3, -0.25) is 0 Å². The minimum Gasteiger partial charge on any atom is -0.198 e. The maximum atomic E-state index is 9.24. The summed E-state index contributed by atoms with van der Waals surface area (Å²) in [4.78, 5) is 0. The van der Waals surface area contributed by atoms with Crippen LogP contribution >= 0.6 is 11.6 Å². The first-order chi connectivity index (χ1) is 8.31. The van der Waals surface area contributed by atoms with E-state index < -0.39 is 0 Å². The fourth-order valence-electron chi connectivity index (χ4n) is 1.81. The molecule has 0 bridgehead atoms. The Labute approximate surface area is 106 Å². The lowest BCUT2D eigenvalue weighted by Gasteiger charge is -2.10. The molecule has 1 atom stereocenters.